The zero-order valence-electron chi connectivity index (χ0n) is 18.4. The zero-order chi connectivity index (χ0) is 23.2. The molecule has 9 heteroatoms. The fourth-order valence-corrected chi connectivity index (χ4v) is 4.55. The third kappa shape index (κ3) is 3.41. The number of benzene rings is 1. The van der Waals surface area contributed by atoms with Gasteiger partial charge in [0.15, 0.2) is 11.4 Å². The van der Waals surface area contributed by atoms with Crippen molar-refractivity contribution in [1.82, 2.24) is 14.9 Å². The molecule has 4 rings (SSSR count). The highest BCUT2D eigenvalue weighted by Crippen LogP contribution is 2.29. The number of pyridine rings is 1. The Kier molecular flexibility index (Phi) is 5.66. The Morgan fingerprint density at radius 2 is 1.97 bits per heavy atom. The summed E-state index contributed by atoms with van der Waals surface area (Å²) in [6, 6.07) is 2.93. The van der Waals surface area contributed by atoms with Gasteiger partial charge in [0.1, 0.15) is 17.5 Å². The number of piperidine rings is 1. The van der Waals surface area contributed by atoms with Crippen molar-refractivity contribution in [2.24, 2.45) is 0 Å². The molecule has 2 N–H and O–H groups in total. The Bertz CT molecular complexity index is 1160. The highest BCUT2D eigenvalue weighted by Gasteiger charge is 2.40. The van der Waals surface area contributed by atoms with Crippen LogP contribution in [0.2, 0.25) is 0 Å². The number of aromatic hydroxyl groups is 1. The number of nitrogens with zero attached hydrogens (tertiary/aromatic N) is 3. The van der Waals surface area contributed by atoms with Crippen LogP contribution in [0.25, 0.3) is 0 Å². The van der Waals surface area contributed by atoms with E-state index in [0.717, 1.165) is 30.4 Å². The van der Waals surface area contributed by atoms with Crippen molar-refractivity contribution in [1.29, 1.82) is 0 Å². The summed E-state index contributed by atoms with van der Waals surface area (Å²) in [6.45, 7) is 6.47. The Balaban J connectivity index is 1.69. The summed E-state index contributed by atoms with van der Waals surface area (Å²) in [5.41, 5.74) is 0.696. The number of rotatable bonds is 4. The number of nitrogens with one attached hydrogen (secondary N) is 1. The Morgan fingerprint density at radius 3 is 2.69 bits per heavy atom. The molecule has 1 saturated heterocycles. The van der Waals surface area contributed by atoms with E-state index in [-0.39, 0.29) is 29.8 Å². The van der Waals surface area contributed by atoms with E-state index in [4.69, 9.17) is 0 Å². The van der Waals surface area contributed by atoms with Gasteiger partial charge in [-0.25, -0.2) is 4.39 Å². The minimum Gasteiger partial charge on any atom is -0.502 e. The molecule has 32 heavy (non-hydrogen) atoms. The first kappa shape index (κ1) is 21.9. The van der Waals surface area contributed by atoms with Crippen molar-refractivity contribution in [2.45, 2.75) is 52.7 Å². The molecule has 0 unspecified atom stereocenters. The summed E-state index contributed by atoms with van der Waals surface area (Å²) in [5, 5.41) is 15.2. The van der Waals surface area contributed by atoms with Gasteiger partial charge >= 0.3 is 0 Å². The minimum absolute atomic E-state index is 0.0998. The van der Waals surface area contributed by atoms with Crippen molar-refractivity contribution in [3.05, 3.63) is 62.3 Å². The van der Waals surface area contributed by atoms with E-state index in [1.165, 1.54) is 16.9 Å². The molecule has 0 aliphatic carbocycles. The summed E-state index contributed by atoms with van der Waals surface area (Å²) in [7, 11) is 0. The van der Waals surface area contributed by atoms with Gasteiger partial charge in [0.25, 0.3) is 11.8 Å². The number of fused-ring (bicyclic) bond motifs is 3. The first-order chi connectivity index (χ1) is 15.3. The van der Waals surface area contributed by atoms with E-state index in [9.17, 15) is 23.9 Å². The van der Waals surface area contributed by atoms with Crippen molar-refractivity contribution >= 4 is 11.8 Å². The van der Waals surface area contributed by atoms with Crippen LogP contribution in [0.3, 0.4) is 0 Å². The van der Waals surface area contributed by atoms with Gasteiger partial charge in [-0.3, -0.25) is 24.1 Å². The zero-order valence-corrected chi connectivity index (χ0v) is 18.4. The second kappa shape index (κ2) is 8.29. The van der Waals surface area contributed by atoms with Crippen LogP contribution in [0.1, 0.15) is 63.7 Å². The largest absolute Gasteiger partial charge is 0.502 e. The molecule has 3 heterocycles. The van der Waals surface area contributed by atoms with Crippen LogP contribution in [0.4, 0.5) is 4.39 Å². The van der Waals surface area contributed by atoms with Crippen molar-refractivity contribution in [2.75, 3.05) is 18.1 Å². The number of aromatic nitrogens is 1. The predicted molar refractivity (Wildman–Crippen MR) is 117 cm³/mol. The molecule has 1 fully saturated rings. The second-order valence-electron chi connectivity index (χ2n) is 8.28. The van der Waals surface area contributed by atoms with Crippen molar-refractivity contribution in [3.63, 3.8) is 0 Å². The van der Waals surface area contributed by atoms with E-state index < -0.39 is 23.0 Å². The molecule has 170 valence electrons. The van der Waals surface area contributed by atoms with Gasteiger partial charge < -0.3 is 15.3 Å². The van der Waals surface area contributed by atoms with Crippen LogP contribution in [0, 0.1) is 19.7 Å². The van der Waals surface area contributed by atoms with Gasteiger partial charge in [-0.2, -0.15) is 0 Å². The molecular formula is C23H27FN4O4. The first-order valence-electron chi connectivity index (χ1n) is 10.9. The Hall–Kier alpha value is -3.36. The molecule has 0 bridgehead atoms. The summed E-state index contributed by atoms with van der Waals surface area (Å²) < 4.78 is 15.2. The third-order valence-corrected chi connectivity index (χ3v) is 6.57. The van der Waals surface area contributed by atoms with Crippen LogP contribution in [0.5, 0.6) is 5.75 Å². The highest BCUT2D eigenvalue weighted by atomic mass is 19.1. The van der Waals surface area contributed by atoms with E-state index in [2.05, 4.69) is 5.32 Å². The molecule has 2 aliphatic heterocycles. The fourth-order valence-electron chi connectivity index (χ4n) is 4.55. The average Bonchev–Trinajstić information content (AvgIpc) is 2.79. The standard InChI is InChI=1S/C23H27FN4O4/c1-4-26-18-7-5-6-10-27(18)28-12-16(20(29)21(30)19(28)23(26)32)22(31)25-11-15-8-9-17(24)14(3)13(15)2/h8-9,12,18,30H,4-7,10-11H2,1-3H3,(H,25,31)/t18-/m0/s1. The molecule has 1 aromatic carbocycles. The van der Waals surface area contributed by atoms with Gasteiger partial charge in [-0.1, -0.05) is 6.07 Å². The maximum atomic E-state index is 13.7. The van der Waals surface area contributed by atoms with Crippen LogP contribution in [0.15, 0.2) is 23.1 Å². The number of carbonyl (C=O) groups is 2. The minimum atomic E-state index is -0.888. The monoisotopic (exact) mass is 442 g/mol. The molecule has 0 radical (unpaired) electrons. The van der Waals surface area contributed by atoms with Crippen LogP contribution in [-0.4, -0.2) is 45.8 Å². The summed E-state index contributed by atoms with van der Waals surface area (Å²) in [5.74, 6) is -2.13. The lowest BCUT2D eigenvalue weighted by Gasteiger charge is -2.48. The smallest absolute Gasteiger partial charge is 0.278 e. The Morgan fingerprint density at radius 1 is 1.22 bits per heavy atom. The third-order valence-electron chi connectivity index (χ3n) is 6.57. The number of amides is 2. The molecule has 2 aliphatic rings. The Labute approximate surface area is 185 Å². The maximum absolute atomic E-state index is 13.7. The number of halogens is 1. The molecule has 0 saturated carbocycles. The predicted octanol–water partition coefficient (Wildman–Crippen LogP) is 2.16. The van der Waals surface area contributed by atoms with Gasteiger partial charge in [0.05, 0.1) is 0 Å². The second-order valence-corrected chi connectivity index (χ2v) is 8.28. The summed E-state index contributed by atoms with van der Waals surface area (Å²) >= 11 is 0. The van der Waals surface area contributed by atoms with E-state index in [0.29, 0.717) is 18.7 Å². The number of hydrogen-bond donors (Lipinski definition) is 2. The van der Waals surface area contributed by atoms with Crippen LogP contribution in [-0.2, 0) is 6.54 Å². The molecule has 2 amide bonds. The molecule has 1 atom stereocenters. The summed E-state index contributed by atoms with van der Waals surface area (Å²) in [6.07, 6.45) is 3.81. The quantitative estimate of drug-likeness (QED) is 0.757. The molecule has 1 aromatic heterocycles. The lowest BCUT2D eigenvalue weighted by molar-refractivity contribution is 0.0534. The van der Waals surface area contributed by atoms with Crippen molar-refractivity contribution in [3.8, 4) is 5.75 Å². The molecular weight excluding hydrogens is 415 g/mol. The van der Waals surface area contributed by atoms with E-state index in [1.54, 1.807) is 24.8 Å². The van der Waals surface area contributed by atoms with Gasteiger partial charge in [0.2, 0.25) is 5.43 Å². The molecule has 0 spiro atoms. The van der Waals surface area contributed by atoms with Crippen LogP contribution >= 0.6 is 0 Å². The topological polar surface area (TPSA) is 94.9 Å². The lowest BCUT2D eigenvalue weighted by Crippen LogP contribution is -2.63. The van der Waals surface area contributed by atoms with Gasteiger partial charge in [-0.15, -0.1) is 0 Å². The van der Waals surface area contributed by atoms with Crippen molar-refractivity contribution < 1.29 is 19.1 Å². The number of carbonyl (C=O) groups excluding carboxylic acids is 2. The van der Waals surface area contributed by atoms with Gasteiger partial charge in [0, 0.05) is 25.8 Å². The maximum Gasteiger partial charge on any atom is 0.278 e. The normalized spacial score (nSPS) is 17.8. The van der Waals surface area contributed by atoms with Crippen LogP contribution < -0.4 is 15.8 Å². The SMILES string of the molecule is CCN1C(=O)c2c(O)c(=O)c(C(=O)NCc3ccc(F)c(C)c3C)cn2N2CCCC[C@@H]12. The summed E-state index contributed by atoms with van der Waals surface area (Å²) in [4.78, 5) is 40.3. The highest BCUT2D eigenvalue weighted by molar-refractivity contribution is 5.99. The molecule has 2 aromatic rings. The molecule has 8 nitrogen and oxygen atoms in total. The van der Waals surface area contributed by atoms with Gasteiger partial charge in [-0.05, 0) is 62.8 Å². The first-order valence-corrected chi connectivity index (χ1v) is 10.9. The number of hydrogen-bond acceptors (Lipinski definition) is 5. The average molecular weight is 442 g/mol. The fraction of sp³-hybridized carbons (Fsp3) is 0.435. The lowest BCUT2D eigenvalue weighted by atomic mass is 10.0. The van der Waals surface area contributed by atoms with E-state index >= 15 is 0 Å². The van der Waals surface area contributed by atoms with E-state index in [1.807, 2.05) is 11.9 Å².